The van der Waals surface area contributed by atoms with Gasteiger partial charge in [-0.1, -0.05) is 97.9 Å². The molecule has 0 saturated heterocycles. The van der Waals surface area contributed by atoms with E-state index < -0.39 is 0 Å². The minimum absolute atomic E-state index is 0.241. The van der Waals surface area contributed by atoms with E-state index in [2.05, 4.69) is 108 Å². The van der Waals surface area contributed by atoms with Crippen molar-refractivity contribution in [2.24, 2.45) is 0 Å². The summed E-state index contributed by atoms with van der Waals surface area (Å²) in [5, 5.41) is 3.46. The first kappa shape index (κ1) is 20.1. The van der Waals surface area contributed by atoms with E-state index in [1.807, 2.05) is 6.33 Å². The van der Waals surface area contributed by atoms with Gasteiger partial charge in [-0.2, -0.15) is 0 Å². The maximum atomic E-state index is 4.90. The van der Waals surface area contributed by atoms with Crippen LogP contribution < -0.4 is 5.32 Å². The molecular weight excluding hydrogens is 366 g/mol. The second-order valence-corrected chi connectivity index (χ2v) is 7.50. The van der Waals surface area contributed by atoms with Gasteiger partial charge >= 0.3 is 0 Å². The molecule has 1 heterocycles. The monoisotopic (exact) mass is 395 g/mol. The summed E-state index contributed by atoms with van der Waals surface area (Å²) in [5.74, 6) is 0. The fourth-order valence-electron chi connectivity index (χ4n) is 4.03. The number of imidazole rings is 1. The minimum atomic E-state index is 0.241. The average molecular weight is 396 g/mol. The standard InChI is InChI=1S/C27H29N3/c1-2-28-20-12-19-25(22-13-6-3-7-14-22)30-21-29-26(23-15-8-4-9-16-23)27(30)24-17-10-5-11-18-24/h3-11,13-18,21,25,28H,2,12,19-20H2,1H3. The van der Waals surface area contributed by atoms with Crippen molar-refractivity contribution in [3.05, 3.63) is 103 Å². The Kier molecular flexibility index (Phi) is 6.73. The third-order valence-corrected chi connectivity index (χ3v) is 5.49. The van der Waals surface area contributed by atoms with Gasteiger partial charge in [-0.25, -0.2) is 4.98 Å². The van der Waals surface area contributed by atoms with Gasteiger partial charge in [0.15, 0.2) is 0 Å². The Bertz CT molecular complexity index is 1020. The highest BCUT2D eigenvalue weighted by Gasteiger charge is 2.21. The summed E-state index contributed by atoms with van der Waals surface area (Å²) in [6.07, 6.45) is 4.19. The quantitative estimate of drug-likeness (QED) is 0.342. The zero-order valence-corrected chi connectivity index (χ0v) is 17.5. The molecule has 0 aliphatic carbocycles. The van der Waals surface area contributed by atoms with Crippen molar-refractivity contribution in [3.63, 3.8) is 0 Å². The third-order valence-electron chi connectivity index (χ3n) is 5.49. The first-order chi connectivity index (χ1) is 14.9. The van der Waals surface area contributed by atoms with Gasteiger partial charge in [0.25, 0.3) is 0 Å². The van der Waals surface area contributed by atoms with E-state index in [0.29, 0.717) is 0 Å². The van der Waals surface area contributed by atoms with Crippen LogP contribution in [0.4, 0.5) is 0 Å². The molecule has 3 heteroatoms. The Labute approximate surface area is 179 Å². The molecule has 1 atom stereocenters. The van der Waals surface area contributed by atoms with Crippen molar-refractivity contribution in [2.45, 2.75) is 25.8 Å². The summed E-state index contributed by atoms with van der Waals surface area (Å²) >= 11 is 0. The summed E-state index contributed by atoms with van der Waals surface area (Å²) in [7, 11) is 0. The van der Waals surface area contributed by atoms with Crippen molar-refractivity contribution >= 4 is 0 Å². The predicted molar refractivity (Wildman–Crippen MR) is 125 cm³/mol. The maximum Gasteiger partial charge on any atom is 0.0964 e. The minimum Gasteiger partial charge on any atom is -0.322 e. The number of rotatable bonds is 9. The number of benzene rings is 3. The van der Waals surface area contributed by atoms with Crippen molar-refractivity contribution in [2.75, 3.05) is 13.1 Å². The van der Waals surface area contributed by atoms with E-state index >= 15 is 0 Å². The number of hydrogen-bond donors (Lipinski definition) is 1. The largest absolute Gasteiger partial charge is 0.322 e. The predicted octanol–water partition coefficient (Wildman–Crippen LogP) is 6.20. The summed E-state index contributed by atoms with van der Waals surface area (Å²) in [5.41, 5.74) is 5.88. The van der Waals surface area contributed by atoms with E-state index in [1.165, 1.54) is 16.8 Å². The second kappa shape index (κ2) is 10.0. The molecule has 0 aliphatic rings. The van der Waals surface area contributed by atoms with Crippen molar-refractivity contribution < 1.29 is 0 Å². The molecule has 1 aromatic heterocycles. The van der Waals surface area contributed by atoms with Gasteiger partial charge in [0, 0.05) is 11.1 Å². The lowest BCUT2D eigenvalue weighted by molar-refractivity contribution is 0.508. The van der Waals surface area contributed by atoms with Crippen LogP contribution in [0.25, 0.3) is 22.5 Å². The molecule has 0 fully saturated rings. The van der Waals surface area contributed by atoms with Crippen LogP contribution in [0.2, 0.25) is 0 Å². The van der Waals surface area contributed by atoms with Crippen LogP contribution in [0, 0.1) is 0 Å². The molecule has 0 amide bonds. The van der Waals surface area contributed by atoms with Crippen LogP contribution in [0.1, 0.15) is 31.4 Å². The van der Waals surface area contributed by atoms with Crippen LogP contribution in [-0.2, 0) is 0 Å². The Hall–Kier alpha value is -3.17. The van der Waals surface area contributed by atoms with E-state index in [4.69, 9.17) is 4.98 Å². The SMILES string of the molecule is CCNCCCC(c1ccccc1)n1cnc(-c2ccccc2)c1-c1ccccc1. The molecule has 3 nitrogen and oxygen atoms in total. The number of hydrogen-bond acceptors (Lipinski definition) is 2. The molecule has 0 saturated carbocycles. The lowest BCUT2D eigenvalue weighted by atomic mass is 9.99. The zero-order valence-electron chi connectivity index (χ0n) is 17.5. The van der Waals surface area contributed by atoms with Gasteiger partial charge in [-0.15, -0.1) is 0 Å². The van der Waals surface area contributed by atoms with E-state index in [1.54, 1.807) is 0 Å². The van der Waals surface area contributed by atoms with E-state index in [-0.39, 0.29) is 6.04 Å². The number of nitrogens with zero attached hydrogens (tertiary/aromatic N) is 2. The third kappa shape index (κ3) is 4.52. The Morgan fingerprint density at radius 2 is 1.40 bits per heavy atom. The van der Waals surface area contributed by atoms with Crippen LogP contribution in [0.15, 0.2) is 97.3 Å². The molecular formula is C27H29N3. The van der Waals surface area contributed by atoms with Crippen LogP contribution in [0.5, 0.6) is 0 Å². The molecule has 0 aliphatic heterocycles. The Balaban J connectivity index is 1.81. The van der Waals surface area contributed by atoms with Crippen LogP contribution in [-0.4, -0.2) is 22.6 Å². The van der Waals surface area contributed by atoms with Gasteiger partial charge < -0.3 is 9.88 Å². The average Bonchev–Trinajstić information content (AvgIpc) is 3.26. The van der Waals surface area contributed by atoms with Crippen molar-refractivity contribution in [3.8, 4) is 22.5 Å². The van der Waals surface area contributed by atoms with E-state index in [9.17, 15) is 0 Å². The molecule has 1 N–H and O–H groups in total. The summed E-state index contributed by atoms with van der Waals surface area (Å²) in [4.78, 5) is 4.90. The topological polar surface area (TPSA) is 29.9 Å². The van der Waals surface area contributed by atoms with Gasteiger partial charge in [0.1, 0.15) is 0 Å². The van der Waals surface area contributed by atoms with Gasteiger partial charge in [-0.05, 0) is 31.5 Å². The fraction of sp³-hybridized carbons (Fsp3) is 0.222. The first-order valence-corrected chi connectivity index (χ1v) is 10.8. The smallest absolute Gasteiger partial charge is 0.0964 e. The molecule has 30 heavy (non-hydrogen) atoms. The van der Waals surface area contributed by atoms with Gasteiger partial charge in [-0.3, -0.25) is 0 Å². The molecule has 4 rings (SSSR count). The second-order valence-electron chi connectivity index (χ2n) is 7.50. The maximum absolute atomic E-state index is 4.90. The van der Waals surface area contributed by atoms with Gasteiger partial charge in [0.2, 0.25) is 0 Å². The first-order valence-electron chi connectivity index (χ1n) is 10.8. The summed E-state index contributed by atoms with van der Waals surface area (Å²) < 4.78 is 2.37. The highest BCUT2D eigenvalue weighted by Crippen LogP contribution is 2.36. The summed E-state index contributed by atoms with van der Waals surface area (Å²) in [6.45, 7) is 4.19. The highest BCUT2D eigenvalue weighted by molar-refractivity contribution is 5.78. The number of nitrogens with one attached hydrogen (secondary N) is 1. The lowest BCUT2D eigenvalue weighted by Gasteiger charge is -2.22. The molecule has 4 aromatic rings. The van der Waals surface area contributed by atoms with Crippen LogP contribution >= 0.6 is 0 Å². The highest BCUT2D eigenvalue weighted by atomic mass is 15.1. The van der Waals surface area contributed by atoms with Crippen molar-refractivity contribution in [1.29, 1.82) is 0 Å². The zero-order chi connectivity index (χ0) is 20.6. The van der Waals surface area contributed by atoms with Gasteiger partial charge in [0.05, 0.1) is 23.8 Å². The lowest BCUT2D eigenvalue weighted by Crippen LogP contribution is -2.17. The van der Waals surface area contributed by atoms with Crippen LogP contribution in [0.3, 0.4) is 0 Å². The fourth-order valence-corrected chi connectivity index (χ4v) is 4.03. The van der Waals surface area contributed by atoms with E-state index in [0.717, 1.165) is 37.2 Å². The Morgan fingerprint density at radius 3 is 2.03 bits per heavy atom. The molecule has 0 radical (unpaired) electrons. The molecule has 0 bridgehead atoms. The Morgan fingerprint density at radius 1 is 0.800 bits per heavy atom. The van der Waals surface area contributed by atoms with Crippen molar-refractivity contribution in [1.82, 2.24) is 14.9 Å². The molecule has 0 spiro atoms. The number of aromatic nitrogens is 2. The molecule has 1 unspecified atom stereocenters. The molecule has 152 valence electrons. The normalized spacial score (nSPS) is 12.0. The molecule has 3 aromatic carbocycles. The summed E-state index contributed by atoms with van der Waals surface area (Å²) in [6, 6.07) is 32.2.